The molecule has 1 unspecified atom stereocenters. The van der Waals surface area contributed by atoms with Crippen LogP contribution in [0.1, 0.15) is 79.1 Å². The van der Waals surface area contributed by atoms with Crippen LogP contribution in [0.4, 0.5) is 5.69 Å². The average Bonchev–Trinajstić information content (AvgIpc) is 3.47. The lowest BCUT2D eigenvalue weighted by molar-refractivity contribution is -0.117. The summed E-state index contributed by atoms with van der Waals surface area (Å²) in [7, 11) is -4.12. The molecule has 244 valence electrons. The third-order valence-electron chi connectivity index (χ3n) is 8.50. The van der Waals surface area contributed by atoms with Gasteiger partial charge in [0.05, 0.1) is 11.7 Å². The van der Waals surface area contributed by atoms with Gasteiger partial charge in [-0.25, -0.2) is 0 Å². The van der Waals surface area contributed by atoms with E-state index >= 15 is 0 Å². The molecule has 0 aliphatic carbocycles. The molecule has 0 aliphatic rings. The van der Waals surface area contributed by atoms with Gasteiger partial charge in [0.25, 0.3) is 10.1 Å². The van der Waals surface area contributed by atoms with Crippen molar-refractivity contribution in [1.29, 1.82) is 0 Å². The van der Waals surface area contributed by atoms with Crippen molar-refractivity contribution in [3.05, 3.63) is 125 Å². The summed E-state index contributed by atoms with van der Waals surface area (Å²) in [6.45, 7) is 8.46. The lowest BCUT2D eigenvalue weighted by atomic mass is 9.83. The standard InChI is InChI=1S/C39H41NO6S/c1-5-26-23-30(35(41)10-8-22-47(43,44)45)13-12-29(26)24-34(27-14-18-32(19-15-27)39(2,3)4)38(42)40-33-20-16-28(17-21-33)37-25-31-9-6-7-11-36(31)46-37/h6-7,9,11-21,23,25,34H,5,8,10,22,24H2,1-4H3,(H,40,42)(H,43,44,45). The van der Waals surface area contributed by atoms with Gasteiger partial charge in [-0.05, 0) is 89.4 Å². The van der Waals surface area contributed by atoms with E-state index < -0.39 is 21.8 Å². The lowest BCUT2D eigenvalue weighted by Gasteiger charge is -2.22. The number of ketones is 1. The van der Waals surface area contributed by atoms with E-state index in [-0.39, 0.29) is 29.9 Å². The Hall–Kier alpha value is -4.53. The van der Waals surface area contributed by atoms with E-state index in [1.807, 2.05) is 85.8 Å². The average molecular weight is 652 g/mol. The van der Waals surface area contributed by atoms with Crippen LogP contribution in [0.5, 0.6) is 0 Å². The second-order valence-electron chi connectivity index (χ2n) is 13.0. The zero-order valence-electron chi connectivity index (χ0n) is 27.2. The molecule has 8 heteroatoms. The Morgan fingerprint density at radius 1 is 0.872 bits per heavy atom. The van der Waals surface area contributed by atoms with E-state index in [0.717, 1.165) is 39.0 Å². The van der Waals surface area contributed by atoms with E-state index in [4.69, 9.17) is 8.97 Å². The molecule has 0 fully saturated rings. The molecule has 0 saturated heterocycles. The first-order valence-electron chi connectivity index (χ1n) is 15.9. The fourth-order valence-corrected chi connectivity index (χ4v) is 6.26. The highest BCUT2D eigenvalue weighted by Gasteiger charge is 2.24. The quantitative estimate of drug-likeness (QED) is 0.103. The summed E-state index contributed by atoms with van der Waals surface area (Å²) in [5.41, 5.74) is 6.84. The molecule has 47 heavy (non-hydrogen) atoms. The molecule has 1 amide bonds. The maximum Gasteiger partial charge on any atom is 0.264 e. The van der Waals surface area contributed by atoms with Crippen LogP contribution in [0.3, 0.4) is 0 Å². The Morgan fingerprint density at radius 2 is 1.57 bits per heavy atom. The van der Waals surface area contributed by atoms with Crippen molar-refractivity contribution >= 4 is 38.5 Å². The van der Waals surface area contributed by atoms with E-state index in [1.54, 1.807) is 6.07 Å². The van der Waals surface area contributed by atoms with Crippen LogP contribution in [0.15, 0.2) is 101 Å². The number of hydrogen-bond donors (Lipinski definition) is 2. The second-order valence-corrected chi connectivity index (χ2v) is 14.6. The summed E-state index contributed by atoms with van der Waals surface area (Å²) >= 11 is 0. The van der Waals surface area contributed by atoms with Crippen LogP contribution in [0.2, 0.25) is 0 Å². The van der Waals surface area contributed by atoms with Gasteiger partial charge in [-0.1, -0.05) is 82.3 Å². The normalized spacial score (nSPS) is 12.6. The number of nitrogens with one attached hydrogen (secondary N) is 1. The minimum atomic E-state index is -4.12. The van der Waals surface area contributed by atoms with Crippen LogP contribution < -0.4 is 5.32 Å². The Bertz CT molecular complexity index is 1950. The number of rotatable bonds is 12. The minimum Gasteiger partial charge on any atom is -0.456 e. The van der Waals surface area contributed by atoms with Crippen LogP contribution in [0.25, 0.3) is 22.3 Å². The van der Waals surface area contributed by atoms with Gasteiger partial charge in [-0.15, -0.1) is 0 Å². The number of furan rings is 1. The number of amides is 1. The van der Waals surface area contributed by atoms with Gasteiger partial charge < -0.3 is 9.73 Å². The summed E-state index contributed by atoms with van der Waals surface area (Å²) < 4.78 is 37.1. The lowest BCUT2D eigenvalue weighted by Crippen LogP contribution is -2.24. The fraction of sp³-hybridized carbons (Fsp3) is 0.282. The largest absolute Gasteiger partial charge is 0.456 e. The topological polar surface area (TPSA) is 114 Å². The highest BCUT2D eigenvalue weighted by molar-refractivity contribution is 7.85. The van der Waals surface area contributed by atoms with Crippen LogP contribution >= 0.6 is 0 Å². The number of carbonyl (C=O) groups excluding carboxylic acids is 2. The van der Waals surface area contributed by atoms with Gasteiger partial charge in [0, 0.05) is 28.6 Å². The van der Waals surface area contributed by atoms with Crippen molar-refractivity contribution in [1.82, 2.24) is 0 Å². The zero-order chi connectivity index (χ0) is 33.8. The van der Waals surface area contributed by atoms with Gasteiger partial charge in [0.1, 0.15) is 11.3 Å². The molecule has 0 aliphatic heterocycles. The van der Waals surface area contributed by atoms with E-state index in [2.05, 4.69) is 38.2 Å². The molecule has 2 N–H and O–H groups in total. The summed E-state index contributed by atoms with van der Waals surface area (Å²) in [6, 6.07) is 31.1. The van der Waals surface area contributed by atoms with Crippen molar-refractivity contribution in [3.63, 3.8) is 0 Å². The molecule has 1 heterocycles. The number of para-hydroxylation sites is 1. The maximum atomic E-state index is 14.0. The third-order valence-corrected chi connectivity index (χ3v) is 9.30. The van der Waals surface area contributed by atoms with Crippen LogP contribution in [-0.2, 0) is 33.2 Å². The van der Waals surface area contributed by atoms with Gasteiger partial charge >= 0.3 is 0 Å². The highest BCUT2D eigenvalue weighted by Crippen LogP contribution is 2.31. The summed E-state index contributed by atoms with van der Waals surface area (Å²) in [4.78, 5) is 26.8. The molecule has 1 atom stereocenters. The Kier molecular flexibility index (Phi) is 10.1. The molecular formula is C39H41NO6S. The molecule has 0 radical (unpaired) electrons. The van der Waals surface area contributed by atoms with Gasteiger partial charge in [0.15, 0.2) is 5.78 Å². The van der Waals surface area contributed by atoms with Gasteiger partial charge in [-0.2, -0.15) is 8.42 Å². The molecule has 7 nitrogen and oxygen atoms in total. The smallest absolute Gasteiger partial charge is 0.264 e. The molecule has 1 aromatic heterocycles. The molecule has 5 rings (SSSR count). The predicted molar refractivity (Wildman–Crippen MR) is 188 cm³/mol. The minimum absolute atomic E-state index is 0.0164. The molecule has 5 aromatic rings. The second kappa shape index (κ2) is 14.1. The van der Waals surface area contributed by atoms with Crippen molar-refractivity contribution in [2.45, 2.75) is 64.7 Å². The number of anilines is 1. The number of carbonyl (C=O) groups is 2. The summed E-state index contributed by atoms with van der Waals surface area (Å²) in [5, 5.41) is 4.15. The van der Waals surface area contributed by atoms with Crippen molar-refractivity contribution in [2.24, 2.45) is 0 Å². The highest BCUT2D eigenvalue weighted by atomic mass is 32.2. The zero-order valence-corrected chi connectivity index (χ0v) is 28.1. The SMILES string of the molecule is CCc1cc(C(=O)CCCS(=O)(=O)O)ccc1CC(C(=O)Nc1ccc(-c2cc3ccccc3o2)cc1)c1ccc(C(C)(C)C)cc1. The van der Waals surface area contributed by atoms with Crippen LogP contribution in [-0.4, -0.2) is 30.4 Å². The number of hydrogen-bond acceptors (Lipinski definition) is 5. The molecule has 0 spiro atoms. The van der Waals surface area contributed by atoms with E-state index in [9.17, 15) is 18.0 Å². The summed E-state index contributed by atoms with van der Waals surface area (Å²) in [5.74, 6) is -0.523. The van der Waals surface area contributed by atoms with E-state index in [1.165, 1.54) is 5.56 Å². The Morgan fingerprint density at radius 3 is 2.21 bits per heavy atom. The molecule has 4 aromatic carbocycles. The first-order chi connectivity index (χ1) is 22.3. The summed E-state index contributed by atoms with van der Waals surface area (Å²) in [6.07, 6.45) is 1.15. The monoisotopic (exact) mass is 651 g/mol. The molecular weight excluding hydrogens is 610 g/mol. The van der Waals surface area contributed by atoms with E-state index in [0.29, 0.717) is 24.1 Å². The maximum absolute atomic E-state index is 14.0. The Labute approximate surface area is 276 Å². The number of fused-ring (bicyclic) bond motifs is 1. The fourth-order valence-electron chi connectivity index (χ4n) is 5.76. The predicted octanol–water partition coefficient (Wildman–Crippen LogP) is 8.78. The molecule has 0 bridgehead atoms. The van der Waals surface area contributed by atoms with Crippen LogP contribution in [0, 0.1) is 0 Å². The van der Waals surface area contributed by atoms with Crippen molar-refractivity contribution < 1.29 is 27.0 Å². The first kappa shape index (κ1) is 33.8. The van der Waals surface area contributed by atoms with Gasteiger partial charge in [-0.3, -0.25) is 14.1 Å². The number of Topliss-reactive ketones (excluding diaryl/α,β-unsaturated/α-hetero) is 1. The molecule has 0 saturated carbocycles. The van der Waals surface area contributed by atoms with Crippen molar-refractivity contribution in [3.8, 4) is 11.3 Å². The number of benzene rings is 4. The third kappa shape index (κ3) is 8.64. The number of aryl methyl sites for hydroxylation is 1. The first-order valence-corrected chi connectivity index (χ1v) is 17.5. The van der Waals surface area contributed by atoms with Crippen molar-refractivity contribution in [2.75, 3.05) is 11.1 Å². The van der Waals surface area contributed by atoms with Gasteiger partial charge in [0.2, 0.25) is 5.91 Å². The Balaban J connectivity index is 1.38.